The van der Waals surface area contributed by atoms with Crippen LogP contribution >= 0.6 is 11.5 Å². The maximum absolute atomic E-state index is 12.6. The summed E-state index contributed by atoms with van der Waals surface area (Å²) in [5.41, 5.74) is 0.808. The Morgan fingerprint density at radius 1 is 1.42 bits per heavy atom. The van der Waals surface area contributed by atoms with Gasteiger partial charge >= 0.3 is 0 Å². The summed E-state index contributed by atoms with van der Waals surface area (Å²) in [7, 11) is 0. The Hall–Kier alpha value is -1.77. The minimum absolute atomic E-state index is 0.0275. The van der Waals surface area contributed by atoms with E-state index < -0.39 is 6.10 Å². The van der Waals surface area contributed by atoms with E-state index in [-0.39, 0.29) is 5.91 Å². The van der Waals surface area contributed by atoms with E-state index in [9.17, 15) is 9.90 Å². The molecule has 1 atom stereocenters. The van der Waals surface area contributed by atoms with Crippen LogP contribution in [-0.4, -0.2) is 63.1 Å². The number of aliphatic hydroxyl groups is 1. The minimum atomic E-state index is -0.635. The number of piperazine rings is 1. The van der Waals surface area contributed by atoms with E-state index in [1.165, 1.54) is 11.5 Å². The van der Waals surface area contributed by atoms with Crippen molar-refractivity contribution in [2.45, 2.75) is 25.9 Å². The van der Waals surface area contributed by atoms with Gasteiger partial charge in [-0.25, -0.2) is 0 Å². The zero-order valence-electron chi connectivity index (χ0n) is 13.7. The molecule has 8 heteroatoms. The van der Waals surface area contributed by atoms with Crippen LogP contribution in [0.1, 0.15) is 40.6 Å². The van der Waals surface area contributed by atoms with E-state index in [4.69, 9.17) is 4.42 Å². The molecule has 1 N–H and O–H groups in total. The summed E-state index contributed by atoms with van der Waals surface area (Å²) in [6.45, 7) is 5.34. The number of hydrogen-bond acceptors (Lipinski definition) is 7. The molecule has 3 heterocycles. The highest BCUT2D eigenvalue weighted by atomic mass is 32.1. The highest BCUT2D eigenvalue weighted by Crippen LogP contribution is 2.19. The third-order valence-corrected chi connectivity index (χ3v) is 4.96. The summed E-state index contributed by atoms with van der Waals surface area (Å²) in [5.74, 6) is 0.605. The molecule has 7 nitrogen and oxygen atoms in total. The molecule has 0 radical (unpaired) electrons. The second kappa shape index (κ2) is 7.87. The molecule has 1 aliphatic rings. The first-order valence-electron chi connectivity index (χ1n) is 8.23. The van der Waals surface area contributed by atoms with Gasteiger partial charge < -0.3 is 14.4 Å². The van der Waals surface area contributed by atoms with Gasteiger partial charge in [-0.1, -0.05) is 17.8 Å². The van der Waals surface area contributed by atoms with Crippen LogP contribution in [0.4, 0.5) is 0 Å². The van der Waals surface area contributed by atoms with Crippen LogP contribution < -0.4 is 0 Å². The third-order valence-electron chi connectivity index (χ3n) is 4.20. The lowest BCUT2D eigenvalue weighted by molar-refractivity contribution is 0.0488. The lowest BCUT2D eigenvalue weighted by Gasteiger charge is -2.35. The van der Waals surface area contributed by atoms with Gasteiger partial charge in [0, 0.05) is 32.7 Å². The van der Waals surface area contributed by atoms with Crippen LogP contribution in [-0.2, 0) is 6.42 Å². The van der Waals surface area contributed by atoms with Crippen LogP contribution in [0, 0.1) is 0 Å². The second-order valence-electron chi connectivity index (χ2n) is 5.92. The molecule has 0 unspecified atom stereocenters. The predicted molar refractivity (Wildman–Crippen MR) is 89.9 cm³/mol. The molecule has 0 saturated carbocycles. The predicted octanol–water partition coefficient (Wildman–Crippen LogP) is 1.58. The quantitative estimate of drug-likeness (QED) is 0.852. The molecule has 0 bridgehead atoms. The number of hydrogen-bond donors (Lipinski definition) is 1. The normalized spacial score (nSPS) is 17.2. The molecular weight excluding hydrogens is 328 g/mol. The van der Waals surface area contributed by atoms with E-state index in [0.717, 1.165) is 31.6 Å². The van der Waals surface area contributed by atoms with Gasteiger partial charge in [0.1, 0.15) is 16.7 Å². The van der Waals surface area contributed by atoms with E-state index in [1.807, 2.05) is 4.90 Å². The van der Waals surface area contributed by atoms with E-state index >= 15 is 0 Å². The first kappa shape index (κ1) is 17.1. The number of amides is 1. The van der Waals surface area contributed by atoms with Crippen molar-refractivity contribution in [2.24, 2.45) is 0 Å². The SMILES string of the molecule is CCCc1nnsc1C(=O)N1CCN(C[C@@H](O)c2ccco2)CC1. The monoisotopic (exact) mass is 350 g/mol. The summed E-state index contributed by atoms with van der Waals surface area (Å²) in [6.07, 6.45) is 2.66. The van der Waals surface area contributed by atoms with Gasteiger partial charge in [-0.05, 0) is 30.1 Å². The van der Waals surface area contributed by atoms with Crippen molar-refractivity contribution in [1.82, 2.24) is 19.4 Å². The maximum Gasteiger partial charge on any atom is 0.267 e. The second-order valence-corrected chi connectivity index (χ2v) is 6.68. The van der Waals surface area contributed by atoms with Crippen molar-refractivity contribution in [1.29, 1.82) is 0 Å². The Kier molecular flexibility index (Phi) is 5.60. The van der Waals surface area contributed by atoms with Crippen LogP contribution in [0.3, 0.4) is 0 Å². The van der Waals surface area contributed by atoms with Crippen LogP contribution in [0.5, 0.6) is 0 Å². The molecule has 0 aromatic carbocycles. The number of nitrogens with zero attached hydrogens (tertiary/aromatic N) is 4. The summed E-state index contributed by atoms with van der Waals surface area (Å²) in [5, 5.41) is 14.2. The van der Waals surface area contributed by atoms with Gasteiger partial charge in [-0.3, -0.25) is 9.69 Å². The highest BCUT2D eigenvalue weighted by molar-refractivity contribution is 7.08. The summed E-state index contributed by atoms with van der Waals surface area (Å²) in [4.78, 5) is 17.3. The van der Waals surface area contributed by atoms with E-state index in [1.54, 1.807) is 18.4 Å². The molecule has 1 amide bonds. The van der Waals surface area contributed by atoms with Crippen molar-refractivity contribution >= 4 is 17.4 Å². The number of rotatable bonds is 6. The topological polar surface area (TPSA) is 82.7 Å². The number of aliphatic hydroxyl groups excluding tert-OH is 1. The van der Waals surface area contributed by atoms with Crippen molar-refractivity contribution in [3.05, 3.63) is 34.7 Å². The van der Waals surface area contributed by atoms with Crippen molar-refractivity contribution in [3.8, 4) is 0 Å². The maximum atomic E-state index is 12.6. The summed E-state index contributed by atoms with van der Waals surface area (Å²) >= 11 is 1.18. The summed E-state index contributed by atoms with van der Waals surface area (Å²) in [6, 6.07) is 3.54. The molecule has 1 aliphatic heterocycles. The molecular formula is C16H22N4O3S. The first-order chi connectivity index (χ1) is 11.7. The number of carbonyl (C=O) groups excluding carboxylic acids is 1. The van der Waals surface area contributed by atoms with Gasteiger partial charge in [0.25, 0.3) is 5.91 Å². The van der Waals surface area contributed by atoms with Gasteiger partial charge in [0.2, 0.25) is 0 Å². The Morgan fingerprint density at radius 3 is 2.88 bits per heavy atom. The largest absolute Gasteiger partial charge is 0.467 e. The molecule has 1 saturated heterocycles. The number of carbonyl (C=O) groups is 1. The van der Waals surface area contributed by atoms with Gasteiger partial charge in [-0.15, -0.1) is 5.10 Å². The molecule has 0 spiro atoms. The minimum Gasteiger partial charge on any atom is -0.467 e. The van der Waals surface area contributed by atoms with Gasteiger partial charge in [-0.2, -0.15) is 0 Å². The van der Waals surface area contributed by atoms with Crippen LogP contribution in [0.25, 0.3) is 0 Å². The molecule has 24 heavy (non-hydrogen) atoms. The fraction of sp³-hybridized carbons (Fsp3) is 0.562. The zero-order valence-corrected chi connectivity index (χ0v) is 14.5. The molecule has 0 aliphatic carbocycles. The lowest BCUT2D eigenvalue weighted by Crippen LogP contribution is -2.49. The highest BCUT2D eigenvalue weighted by Gasteiger charge is 2.27. The first-order valence-corrected chi connectivity index (χ1v) is 9.00. The molecule has 2 aromatic heterocycles. The third kappa shape index (κ3) is 3.82. The average molecular weight is 350 g/mol. The Balaban J connectivity index is 1.53. The van der Waals surface area contributed by atoms with Crippen LogP contribution in [0.2, 0.25) is 0 Å². The standard InChI is InChI=1S/C16H22N4O3S/c1-2-4-12-15(24-18-17-12)16(22)20-8-6-19(7-9-20)11-13(21)14-5-3-10-23-14/h3,5,10,13,21H,2,4,6-9,11H2,1H3/t13-/m1/s1. The average Bonchev–Trinajstić information content (AvgIpc) is 3.27. The van der Waals surface area contributed by atoms with Gasteiger partial charge in [0.05, 0.1) is 12.0 Å². The summed E-state index contributed by atoms with van der Waals surface area (Å²) < 4.78 is 9.16. The van der Waals surface area contributed by atoms with Crippen molar-refractivity contribution < 1.29 is 14.3 Å². The zero-order chi connectivity index (χ0) is 16.9. The van der Waals surface area contributed by atoms with E-state index in [0.29, 0.717) is 30.3 Å². The fourth-order valence-electron chi connectivity index (χ4n) is 2.86. The number of aryl methyl sites for hydroxylation is 1. The molecule has 2 aromatic rings. The molecule has 3 rings (SSSR count). The van der Waals surface area contributed by atoms with Crippen LogP contribution in [0.15, 0.2) is 22.8 Å². The number of furan rings is 1. The Morgan fingerprint density at radius 2 is 2.21 bits per heavy atom. The Labute approximate surface area is 145 Å². The number of β-amino-alcohol motifs (C(OH)–C–C–N with tert-alkyl or cyclic N) is 1. The van der Waals surface area contributed by atoms with Crippen molar-refractivity contribution in [3.63, 3.8) is 0 Å². The Bertz CT molecular complexity index is 650. The van der Waals surface area contributed by atoms with Crippen molar-refractivity contribution in [2.75, 3.05) is 32.7 Å². The van der Waals surface area contributed by atoms with Gasteiger partial charge in [0.15, 0.2) is 0 Å². The number of aromatic nitrogens is 2. The smallest absolute Gasteiger partial charge is 0.267 e. The lowest BCUT2D eigenvalue weighted by atomic mass is 10.2. The molecule has 130 valence electrons. The van der Waals surface area contributed by atoms with E-state index in [2.05, 4.69) is 21.4 Å². The fourth-order valence-corrected chi connectivity index (χ4v) is 3.54. The molecule has 1 fully saturated rings.